The van der Waals surface area contributed by atoms with E-state index in [1.807, 2.05) is 30.3 Å². The van der Waals surface area contributed by atoms with E-state index < -0.39 is 5.97 Å². The maximum atomic E-state index is 10.8. The van der Waals surface area contributed by atoms with Gasteiger partial charge in [0.2, 0.25) is 0 Å². The Balaban J connectivity index is 2.44. The van der Waals surface area contributed by atoms with Gasteiger partial charge in [0.15, 0.2) is 0 Å². The fourth-order valence-electron chi connectivity index (χ4n) is 0.782. The number of esters is 1. The van der Waals surface area contributed by atoms with Crippen LogP contribution >= 0.6 is 0 Å². The first-order valence-electron chi connectivity index (χ1n) is 4.22. The number of rotatable bonds is 2. The SMILES string of the molecule is CCOC(=O)C#C[Se]c1ccccc1. The third-order valence-electron chi connectivity index (χ3n) is 1.34. The molecule has 0 saturated carbocycles. The van der Waals surface area contributed by atoms with Crippen molar-refractivity contribution in [1.82, 2.24) is 0 Å². The molecule has 3 heteroatoms. The summed E-state index contributed by atoms with van der Waals surface area (Å²) in [6, 6.07) is 9.88. The molecule has 0 atom stereocenters. The average molecular weight is 253 g/mol. The average Bonchev–Trinajstić information content (AvgIpc) is 2.20. The third-order valence-corrected chi connectivity index (χ3v) is 2.83. The standard InChI is InChI=1S/C11H10O2Se/c1-2-13-11(12)8-9-14-10-6-4-3-5-7-10/h3-7H,2H2,1H3. The Hall–Kier alpha value is -1.23. The van der Waals surface area contributed by atoms with Gasteiger partial charge in [-0.05, 0) is 0 Å². The molecule has 0 N–H and O–H groups in total. The van der Waals surface area contributed by atoms with E-state index in [4.69, 9.17) is 0 Å². The topological polar surface area (TPSA) is 26.3 Å². The summed E-state index contributed by atoms with van der Waals surface area (Å²) in [4.78, 5) is 13.7. The predicted octanol–water partition coefficient (Wildman–Crippen LogP) is 0.540. The summed E-state index contributed by atoms with van der Waals surface area (Å²) in [6.07, 6.45) is 0. The molecule has 0 aliphatic heterocycles. The molecule has 14 heavy (non-hydrogen) atoms. The van der Waals surface area contributed by atoms with Crippen LogP contribution in [-0.4, -0.2) is 27.5 Å². The minimum atomic E-state index is -0.440. The van der Waals surface area contributed by atoms with Crippen molar-refractivity contribution in [2.45, 2.75) is 6.92 Å². The van der Waals surface area contributed by atoms with Gasteiger partial charge in [-0.2, -0.15) is 0 Å². The number of hydrogen-bond donors (Lipinski definition) is 0. The fraction of sp³-hybridized carbons (Fsp3) is 0.182. The molecule has 0 aromatic heterocycles. The van der Waals surface area contributed by atoms with Gasteiger partial charge in [-0.3, -0.25) is 0 Å². The molecule has 72 valence electrons. The number of benzene rings is 1. The maximum absolute atomic E-state index is 10.8. The Morgan fingerprint density at radius 3 is 2.79 bits per heavy atom. The summed E-state index contributed by atoms with van der Waals surface area (Å²) in [5, 5.41) is 0. The number of hydrogen-bond acceptors (Lipinski definition) is 2. The number of carbonyl (C=O) groups excluding carboxylic acids is 1. The van der Waals surface area contributed by atoms with E-state index in [1.54, 1.807) is 6.92 Å². The molecular formula is C11H10O2Se. The van der Waals surface area contributed by atoms with Crippen LogP contribution in [0.15, 0.2) is 30.3 Å². The van der Waals surface area contributed by atoms with Crippen molar-refractivity contribution < 1.29 is 9.53 Å². The second kappa shape index (κ2) is 6.26. The van der Waals surface area contributed by atoms with Crippen molar-refractivity contribution in [3.05, 3.63) is 30.3 Å². The van der Waals surface area contributed by atoms with Crippen LogP contribution in [0.4, 0.5) is 0 Å². The van der Waals surface area contributed by atoms with Crippen LogP contribution in [0.1, 0.15) is 6.92 Å². The molecule has 1 aromatic carbocycles. The van der Waals surface area contributed by atoms with Gasteiger partial charge in [0, 0.05) is 0 Å². The Morgan fingerprint density at radius 2 is 2.14 bits per heavy atom. The van der Waals surface area contributed by atoms with Crippen molar-refractivity contribution in [1.29, 1.82) is 0 Å². The molecule has 0 saturated heterocycles. The molecule has 0 radical (unpaired) electrons. The quantitative estimate of drug-likeness (QED) is 0.437. The van der Waals surface area contributed by atoms with E-state index in [0.717, 1.165) is 4.46 Å². The van der Waals surface area contributed by atoms with E-state index in [9.17, 15) is 4.79 Å². The van der Waals surface area contributed by atoms with Crippen LogP contribution < -0.4 is 4.46 Å². The summed E-state index contributed by atoms with van der Waals surface area (Å²) < 4.78 is 5.84. The van der Waals surface area contributed by atoms with Gasteiger partial charge in [0.05, 0.1) is 0 Å². The second-order valence-electron chi connectivity index (χ2n) is 2.36. The molecule has 2 nitrogen and oxygen atoms in total. The number of ether oxygens (including phenoxy) is 1. The van der Waals surface area contributed by atoms with Crippen LogP contribution in [0.25, 0.3) is 0 Å². The number of carbonyl (C=O) groups is 1. The molecule has 1 rings (SSSR count). The molecule has 0 unspecified atom stereocenters. The summed E-state index contributed by atoms with van der Waals surface area (Å²) in [5.41, 5.74) is 0. The molecule has 0 amide bonds. The zero-order valence-corrected chi connectivity index (χ0v) is 9.53. The van der Waals surface area contributed by atoms with Crippen LogP contribution in [0.3, 0.4) is 0 Å². The molecule has 0 fully saturated rings. The molecule has 0 heterocycles. The summed E-state index contributed by atoms with van der Waals surface area (Å²) in [7, 11) is 0. The zero-order chi connectivity index (χ0) is 10.2. The first-order valence-corrected chi connectivity index (χ1v) is 5.94. The first-order chi connectivity index (χ1) is 6.83. The normalized spacial score (nSPS) is 8.64. The minimum absolute atomic E-state index is 0.0357. The van der Waals surface area contributed by atoms with Crippen molar-refractivity contribution in [3.8, 4) is 10.7 Å². The van der Waals surface area contributed by atoms with Crippen molar-refractivity contribution >= 4 is 25.4 Å². The van der Waals surface area contributed by atoms with Gasteiger partial charge in [-0.25, -0.2) is 0 Å². The van der Waals surface area contributed by atoms with Crippen LogP contribution in [0.5, 0.6) is 0 Å². The Morgan fingerprint density at radius 1 is 1.43 bits per heavy atom. The molecule has 0 aliphatic carbocycles. The van der Waals surface area contributed by atoms with E-state index in [0.29, 0.717) is 6.61 Å². The third kappa shape index (κ3) is 4.13. The van der Waals surface area contributed by atoms with E-state index in [-0.39, 0.29) is 15.0 Å². The van der Waals surface area contributed by atoms with Gasteiger partial charge in [0.1, 0.15) is 0 Å². The summed E-state index contributed by atoms with van der Waals surface area (Å²) >= 11 is 0.0357. The Bertz CT molecular complexity index is 349. The molecule has 1 aromatic rings. The molecular weight excluding hydrogens is 243 g/mol. The fourth-order valence-corrected chi connectivity index (χ4v) is 1.93. The Kier molecular flexibility index (Phi) is 4.85. The van der Waals surface area contributed by atoms with Gasteiger partial charge < -0.3 is 0 Å². The van der Waals surface area contributed by atoms with Gasteiger partial charge in [-0.15, -0.1) is 0 Å². The van der Waals surface area contributed by atoms with Crippen molar-refractivity contribution in [3.63, 3.8) is 0 Å². The molecule has 0 bridgehead atoms. The van der Waals surface area contributed by atoms with Gasteiger partial charge in [0.25, 0.3) is 0 Å². The van der Waals surface area contributed by atoms with Crippen molar-refractivity contribution in [2.75, 3.05) is 6.61 Å². The van der Waals surface area contributed by atoms with Crippen LogP contribution in [0.2, 0.25) is 0 Å². The van der Waals surface area contributed by atoms with E-state index in [1.165, 1.54) is 0 Å². The zero-order valence-electron chi connectivity index (χ0n) is 7.82. The van der Waals surface area contributed by atoms with Crippen LogP contribution in [-0.2, 0) is 9.53 Å². The summed E-state index contributed by atoms with van der Waals surface area (Å²) in [5.74, 6) is 2.01. The van der Waals surface area contributed by atoms with Gasteiger partial charge >= 0.3 is 89.5 Å². The summed E-state index contributed by atoms with van der Waals surface area (Å²) in [6.45, 7) is 2.15. The van der Waals surface area contributed by atoms with E-state index >= 15 is 0 Å². The molecule has 0 aliphatic rings. The predicted molar refractivity (Wildman–Crippen MR) is 56.2 cm³/mol. The molecule has 0 spiro atoms. The monoisotopic (exact) mass is 254 g/mol. The van der Waals surface area contributed by atoms with Crippen LogP contribution in [0, 0.1) is 10.7 Å². The van der Waals surface area contributed by atoms with E-state index in [2.05, 4.69) is 15.5 Å². The van der Waals surface area contributed by atoms with Crippen molar-refractivity contribution in [2.24, 2.45) is 0 Å². The van der Waals surface area contributed by atoms with Gasteiger partial charge in [-0.1, -0.05) is 0 Å². The first kappa shape index (κ1) is 10.8. The Labute approximate surface area is 89.8 Å². The second-order valence-corrected chi connectivity index (χ2v) is 4.21.